The monoisotopic (exact) mass is 672 g/mol. The lowest BCUT2D eigenvalue weighted by Gasteiger charge is -2.43. The Morgan fingerprint density at radius 2 is 1.44 bits per heavy atom. The summed E-state index contributed by atoms with van der Waals surface area (Å²) in [4.78, 5) is 28.5. The fourth-order valence-electron chi connectivity index (χ4n) is 6.34. The molecule has 1 fully saturated rings. The van der Waals surface area contributed by atoms with E-state index in [-0.39, 0.29) is 24.9 Å². The molecule has 0 bridgehead atoms. The standard InChI is InChI=1S/C39H52N2O6Si/c1-29(26-46-48(38(5,6)7,31-21-15-11-16-22-31)32-23-17-12-18-24-32)25-33(40-35(42)44-27-30-19-13-10-14-20-30)34-28-45-39(8,9)41(34)36(43)47-37(2,3)4/h10-24,33-34H,1,25-28H2,2-9H3,(H,40,42)/t33-,34-/m0/s1. The third kappa shape index (κ3) is 8.95. The number of rotatable bonds is 11. The summed E-state index contributed by atoms with van der Waals surface area (Å²) in [7, 11) is -2.84. The number of ether oxygens (including phenoxy) is 3. The first-order valence-corrected chi connectivity index (χ1v) is 18.5. The number of hydrogen-bond donors (Lipinski definition) is 1. The molecule has 3 aromatic carbocycles. The summed E-state index contributed by atoms with van der Waals surface area (Å²) in [5.74, 6) is 0. The Labute approximate surface area is 287 Å². The van der Waals surface area contributed by atoms with Crippen molar-refractivity contribution in [3.63, 3.8) is 0 Å². The molecule has 8 nitrogen and oxygen atoms in total. The van der Waals surface area contributed by atoms with Gasteiger partial charge in [0.25, 0.3) is 8.32 Å². The maximum absolute atomic E-state index is 13.6. The van der Waals surface area contributed by atoms with E-state index in [1.54, 1.807) is 4.90 Å². The second kappa shape index (κ2) is 15.1. The van der Waals surface area contributed by atoms with Crippen LogP contribution < -0.4 is 15.7 Å². The number of carbonyl (C=O) groups excluding carboxylic acids is 2. The number of nitrogens with one attached hydrogen (secondary N) is 1. The smallest absolute Gasteiger partial charge is 0.412 e. The Morgan fingerprint density at radius 1 is 0.917 bits per heavy atom. The van der Waals surface area contributed by atoms with E-state index in [9.17, 15) is 9.59 Å². The topological polar surface area (TPSA) is 86.3 Å². The van der Waals surface area contributed by atoms with Crippen molar-refractivity contribution in [2.24, 2.45) is 0 Å². The molecule has 48 heavy (non-hydrogen) atoms. The van der Waals surface area contributed by atoms with Crippen LogP contribution in [0.25, 0.3) is 0 Å². The molecule has 3 aromatic rings. The minimum atomic E-state index is -2.84. The van der Waals surface area contributed by atoms with Crippen LogP contribution in [-0.2, 0) is 25.2 Å². The van der Waals surface area contributed by atoms with Gasteiger partial charge in [-0.2, -0.15) is 0 Å². The number of hydrogen-bond acceptors (Lipinski definition) is 6. The predicted molar refractivity (Wildman–Crippen MR) is 193 cm³/mol. The summed E-state index contributed by atoms with van der Waals surface area (Å²) < 4.78 is 24.7. The Balaban J connectivity index is 1.62. The van der Waals surface area contributed by atoms with Gasteiger partial charge in [0.05, 0.1) is 25.3 Å². The molecule has 2 amide bonds. The summed E-state index contributed by atoms with van der Waals surface area (Å²) >= 11 is 0. The van der Waals surface area contributed by atoms with Gasteiger partial charge in [-0.05, 0) is 62.0 Å². The van der Waals surface area contributed by atoms with Crippen molar-refractivity contribution >= 4 is 30.9 Å². The average molecular weight is 673 g/mol. The maximum Gasteiger partial charge on any atom is 0.412 e. The molecular formula is C39H52N2O6Si. The van der Waals surface area contributed by atoms with Crippen molar-refractivity contribution in [3.8, 4) is 0 Å². The molecule has 1 heterocycles. The van der Waals surface area contributed by atoms with Gasteiger partial charge in [-0.25, -0.2) is 9.59 Å². The van der Waals surface area contributed by atoms with Crippen LogP contribution in [-0.4, -0.2) is 62.0 Å². The Hall–Kier alpha value is -3.92. The summed E-state index contributed by atoms with van der Waals surface area (Å²) in [6.07, 6.45) is -0.797. The van der Waals surface area contributed by atoms with Crippen molar-refractivity contribution in [3.05, 3.63) is 109 Å². The largest absolute Gasteiger partial charge is 0.445 e. The summed E-state index contributed by atoms with van der Waals surface area (Å²) in [6.45, 7) is 20.8. The highest BCUT2D eigenvalue weighted by Crippen LogP contribution is 2.37. The van der Waals surface area contributed by atoms with Gasteiger partial charge in [0.2, 0.25) is 0 Å². The zero-order valence-corrected chi connectivity index (χ0v) is 30.7. The third-order valence-electron chi connectivity index (χ3n) is 8.51. The van der Waals surface area contributed by atoms with Crippen LogP contribution in [0, 0.1) is 0 Å². The molecule has 1 aliphatic rings. The number of carbonyl (C=O) groups is 2. The van der Waals surface area contributed by atoms with E-state index in [1.165, 1.54) is 0 Å². The van der Waals surface area contributed by atoms with Crippen LogP contribution in [0.1, 0.15) is 67.4 Å². The zero-order valence-electron chi connectivity index (χ0n) is 29.7. The van der Waals surface area contributed by atoms with Crippen molar-refractivity contribution in [2.75, 3.05) is 13.2 Å². The van der Waals surface area contributed by atoms with Crippen molar-refractivity contribution in [1.82, 2.24) is 10.2 Å². The van der Waals surface area contributed by atoms with Gasteiger partial charge < -0.3 is 24.0 Å². The number of benzene rings is 3. The zero-order chi connectivity index (χ0) is 35.2. The molecule has 1 N–H and O–H groups in total. The van der Waals surface area contributed by atoms with Crippen LogP contribution in [0.4, 0.5) is 9.59 Å². The van der Waals surface area contributed by atoms with Crippen molar-refractivity contribution in [1.29, 1.82) is 0 Å². The van der Waals surface area contributed by atoms with E-state index in [4.69, 9.17) is 18.6 Å². The van der Waals surface area contributed by atoms with E-state index in [0.717, 1.165) is 21.5 Å². The first-order valence-electron chi connectivity index (χ1n) is 16.6. The minimum absolute atomic E-state index is 0.111. The van der Waals surface area contributed by atoms with Crippen molar-refractivity contribution in [2.45, 2.75) is 96.9 Å². The van der Waals surface area contributed by atoms with E-state index in [1.807, 2.05) is 77.1 Å². The molecule has 0 unspecified atom stereocenters. The van der Waals surface area contributed by atoms with Crippen LogP contribution in [0.5, 0.6) is 0 Å². The Bertz CT molecular complexity index is 1480. The lowest BCUT2D eigenvalue weighted by molar-refractivity contribution is -0.0636. The number of nitrogens with zero attached hydrogens (tertiary/aromatic N) is 1. The first kappa shape index (κ1) is 36.9. The predicted octanol–water partition coefficient (Wildman–Crippen LogP) is 7.18. The van der Waals surface area contributed by atoms with E-state index in [2.05, 4.69) is 81.2 Å². The second-order valence-electron chi connectivity index (χ2n) is 14.9. The molecule has 0 aliphatic carbocycles. The molecule has 0 aromatic heterocycles. The number of amides is 2. The van der Waals surface area contributed by atoms with Gasteiger partial charge >= 0.3 is 12.2 Å². The molecule has 1 saturated heterocycles. The van der Waals surface area contributed by atoms with Crippen LogP contribution in [0.2, 0.25) is 5.04 Å². The van der Waals surface area contributed by atoms with E-state index < -0.39 is 43.9 Å². The molecular weight excluding hydrogens is 621 g/mol. The molecule has 258 valence electrons. The van der Waals surface area contributed by atoms with Crippen LogP contribution in [0.3, 0.4) is 0 Å². The molecule has 4 rings (SSSR count). The molecule has 0 spiro atoms. The fraction of sp³-hybridized carbons (Fsp3) is 0.436. The summed E-state index contributed by atoms with van der Waals surface area (Å²) in [5, 5.41) is 5.15. The summed E-state index contributed by atoms with van der Waals surface area (Å²) in [6, 6.07) is 29.2. The van der Waals surface area contributed by atoms with E-state index >= 15 is 0 Å². The highest BCUT2D eigenvalue weighted by molar-refractivity contribution is 6.99. The SMILES string of the molecule is C=C(CO[Si](c1ccccc1)(c1ccccc1)C(C)(C)C)C[C@H](NC(=O)OCc1ccccc1)[C@@H]1COC(C)(C)N1C(=O)OC(C)(C)C. The van der Waals surface area contributed by atoms with Gasteiger partial charge in [-0.15, -0.1) is 0 Å². The van der Waals surface area contributed by atoms with Gasteiger partial charge in [-0.1, -0.05) is 124 Å². The van der Waals surface area contributed by atoms with Gasteiger partial charge in [-0.3, -0.25) is 4.90 Å². The minimum Gasteiger partial charge on any atom is -0.445 e. The number of alkyl carbamates (subject to hydrolysis) is 1. The average Bonchev–Trinajstić information content (AvgIpc) is 3.35. The molecule has 0 radical (unpaired) electrons. The van der Waals surface area contributed by atoms with Crippen LogP contribution >= 0.6 is 0 Å². The Morgan fingerprint density at radius 3 is 1.94 bits per heavy atom. The summed E-state index contributed by atoms with van der Waals surface area (Å²) in [5.41, 5.74) is -0.0446. The third-order valence-corrected chi connectivity index (χ3v) is 13.5. The van der Waals surface area contributed by atoms with Crippen LogP contribution in [0.15, 0.2) is 103 Å². The Kier molecular flexibility index (Phi) is 11.6. The first-order chi connectivity index (χ1) is 22.5. The van der Waals surface area contributed by atoms with E-state index in [0.29, 0.717) is 6.42 Å². The normalized spacial score (nSPS) is 17.0. The lowest BCUT2D eigenvalue weighted by atomic mass is 9.99. The molecule has 2 atom stereocenters. The molecule has 9 heteroatoms. The second-order valence-corrected chi connectivity index (χ2v) is 19.2. The quantitative estimate of drug-likeness (QED) is 0.172. The lowest BCUT2D eigenvalue weighted by Crippen LogP contribution is -2.66. The van der Waals surface area contributed by atoms with Gasteiger partial charge in [0.1, 0.15) is 17.9 Å². The fourth-order valence-corrected chi connectivity index (χ4v) is 10.9. The highest BCUT2D eigenvalue weighted by Gasteiger charge is 2.51. The maximum atomic E-state index is 13.6. The molecule has 0 saturated carbocycles. The van der Waals surface area contributed by atoms with Gasteiger partial charge in [0, 0.05) is 0 Å². The van der Waals surface area contributed by atoms with Crippen molar-refractivity contribution < 1.29 is 28.2 Å². The highest BCUT2D eigenvalue weighted by atomic mass is 28.4. The van der Waals surface area contributed by atoms with Gasteiger partial charge in [0.15, 0.2) is 0 Å². The molecule has 1 aliphatic heterocycles.